The molecule has 0 spiro atoms. The Kier molecular flexibility index (Phi) is 3.19. The van der Waals surface area contributed by atoms with Gasteiger partial charge in [-0.2, -0.15) is 0 Å². The van der Waals surface area contributed by atoms with E-state index in [1.807, 2.05) is 12.1 Å². The summed E-state index contributed by atoms with van der Waals surface area (Å²) in [5.41, 5.74) is 9.56. The molecule has 2 heterocycles. The van der Waals surface area contributed by atoms with Crippen LogP contribution in [0.25, 0.3) is 11.0 Å². The van der Waals surface area contributed by atoms with Gasteiger partial charge in [0.15, 0.2) is 0 Å². The molecule has 0 aliphatic carbocycles. The number of nitrogens with zero attached hydrogens (tertiary/aromatic N) is 2. The van der Waals surface area contributed by atoms with Crippen molar-refractivity contribution < 1.29 is 4.74 Å². The van der Waals surface area contributed by atoms with Crippen molar-refractivity contribution >= 4 is 17.0 Å². The topological polar surface area (TPSA) is 53.1 Å². The first-order valence-electron chi connectivity index (χ1n) is 6.99. The fourth-order valence-corrected chi connectivity index (χ4v) is 3.16. The maximum Gasteiger partial charge on any atom is 0.201 e. The molecule has 0 bridgehead atoms. The lowest BCUT2D eigenvalue weighted by atomic mass is 9.92. The first-order chi connectivity index (χ1) is 9.18. The molecule has 3 rings (SSSR count). The van der Waals surface area contributed by atoms with Crippen LogP contribution in [-0.2, 0) is 4.74 Å². The molecule has 0 amide bonds. The van der Waals surface area contributed by atoms with E-state index in [0.29, 0.717) is 17.9 Å². The minimum atomic E-state index is 0.370. The van der Waals surface area contributed by atoms with E-state index in [-0.39, 0.29) is 0 Å². The predicted molar refractivity (Wildman–Crippen MR) is 77.1 cm³/mol. The van der Waals surface area contributed by atoms with Crippen LogP contribution in [0.1, 0.15) is 31.4 Å². The third-order valence-electron chi connectivity index (χ3n) is 4.29. The van der Waals surface area contributed by atoms with Gasteiger partial charge in [-0.15, -0.1) is 0 Å². The summed E-state index contributed by atoms with van der Waals surface area (Å²) in [6.07, 6.45) is 2.21. The Morgan fingerprint density at radius 1 is 1.37 bits per heavy atom. The molecule has 1 unspecified atom stereocenters. The van der Waals surface area contributed by atoms with E-state index in [1.165, 1.54) is 11.1 Å². The minimum absolute atomic E-state index is 0.370. The van der Waals surface area contributed by atoms with Crippen molar-refractivity contribution in [1.29, 1.82) is 0 Å². The van der Waals surface area contributed by atoms with Crippen molar-refractivity contribution in [1.82, 2.24) is 9.55 Å². The Balaban J connectivity index is 2.05. The van der Waals surface area contributed by atoms with Crippen LogP contribution in [0.15, 0.2) is 18.2 Å². The van der Waals surface area contributed by atoms with E-state index in [4.69, 9.17) is 10.5 Å². The fourth-order valence-electron chi connectivity index (χ4n) is 3.16. The highest BCUT2D eigenvalue weighted by Crippen LogP contribution is 2.33. The zero-order chi connectivity index (χ0) is 13.4. The maximum atomic E-state index is 6.15. The number of benzene rings is 1. The van der Waals surface area contributed by atoms with Crippen LogP contribution >= 0.6 is 0 Å². The third-order valence-corrected chi connectivity index (χ3v) is 4.29. The van der Waals surface area contributed by atoms with Gasteiger partial charge in [0.1, 0.15) is 0 Å². The first-order valence-corrected chi connectivity index (χ1v) is 6.99. The Bertz CT molecular complexity index is 584. The molecule has 0 saturated carbocycles. The summed E-state index contributed by atoms with van der Waals surface area (Å²) in [6, 6.07) is 6.56. The molecule has 1 aliphatic heterocycles. The smallest absolute Gasteiger partial charge is 0.201 e. The average Bonchev–Trinajstić information content (AvgIpc) is 2.76. The van der Waals surface area contributed by atoms with Crippen molar-refractivity contribution in [2.75, 3.05) is 18.9 Å². The number of anilines is 1. The molecule has 1 fully saturated rings. The average molecular weight is 259 g/mol. The lowest BCUT2D eigenvalue weighted by Gasteiger charge is -2.29. The van der Waals surface area contributed by atoms with Crippen LogP contribution in [0.2, 0.25) is 0 Å². The third kappa shape index (κ3) is 2.10. The summed E-state index contributed by atoms with van der Waals surface area (Å²) in [5.74, 6) is 1.25. The van der Waals surface area contributed by atoms with Crippen molar-refractivity contribution in [3.8, 4) is 0 Å². The predicted octanol–water partition coefficient (Wildman–Crippen LogP) is 2.91. The van der Waals surface area contributed by atoms with Crippen molar-refractivity contribution in [2.45, 2.75) is 32.7 Å². The second kappa shape index (κ2) is 4.85. The van der Waals surface area contributed by atoms with Crippen LogP contribution in [0.4, 0.5) is 5.95 Å². The summed E-state index contributed by atoms with van der Waals surface area (Å²) in [6.45, 7) is 6.09. The zero-order valence-corrected chi connectivity index (χ0v) is 11.6. The molecule has 1 aromatic carbocycles. The van der Waals surface area contributed by atoms with E-state index in [2.05, 4.69) is 29.5 Å². The quantitative estimate of drug-likeness (QED) is 0.902. The molecule has 19 heavy (non-hydrogen) atoms. The number of nitrogens with two attached hydrogens (primary N) is 1. The SMILES string of the molecule is Cc1cccc2nc(N)n(C(C)C3CCOCC3)c12. The van der Waals surface area contributed by atoms with Gasteiger partial charge >= 0.3 is 0 Å². The molecule has 102 valence electrons. The van der Waals surface area contributed by atoms with Crippen LogP contribution < -0.4 is 5.73 Å². The largest absolute Gasteiger partial charge is 0.381 e. The van der Waals surface area contributed by atoms with Crippen molar-refractivity contribution in [3.05, 3.63) is 23.8 Å². The van der Waals surface area contributed by atoms with Crippen LogP contribution in [0.3, 0.4) is 0 Å². The highest BCUT2D eigenvalue weighted by molar-refractivity contribution is 5.81. The molecular formula is C15H21N3O. The van der Waals surface area contributed by atoms with Gasteiger partial charge in [0.05, 0.1) is 11.0 Å². The lowest BCUT2D eigenvalue weighted by molar-refractivity contribution is 0.0521. The van der Waals surface area contributed by atoms with Gasteiger partial charge in [-0.25, -0.2) is 4.98 Å². The number of nitrogen functional groups attached to an aromatic ring is 1. The standard InChI is InChI=1S/C15H21N3O/c1-10-4-3-5-13-14(10)18(15(16)17-13)11(2)12-6-8-19-9-7-12/h3-5,11-12H,6-9H2,1-2H3,(H2,16,17). The van der Waals surface area contributed by atoms with Crippen LogP contribution in [-0.4, -0.2) is 22.8 Å². The molecular weight excluding hydrogens is 238 g/mol. The Morgan fingerprint density at radius 3 is 2.84 bits per heavy atom. The molecule has 0 radical (unpaired) electrons. The fraction of sp³-hybridized carbons (Fsp3) is 0.533. The Morgan fingerprint density at radius 2 is 2.11 bits per heavy atom. The van der Waals surface area contributed by atoms with Gasteiger partial charge in [-0.1, -0.05) is 12.1 Å². The Labute approximate surface area is 113 Å². The lowest BCUT2D eigenvalue weighted by Crippen LogP contribution is -2.25. The van der Waals surface area contributed by atoms with Gasteiger partial charge in [-0.05, 0) is 44.2 Å². The number of aromatic nitrogens is 2. The summed E-state index contributed by atoms with van der Waals surface area (Å²) in [7, 11) is 0. The molecule has 1 aliphatic rings. The second-order valence-corrected chi connectivity index (χ2v) is 5.47. The van der Waals surface area contributed by atoms with Crippen LogP contribution in [0.5, 0.6) is 0 Å². The highest BCUT2D eigenvalue weighted by Gasteiger charge is 2.25. The number of fused-ring (bicyclic) bond motifs is 1. The first kappa shape index (κ1) is 12.5. The summed E-state index contributed by atoms with van der Waals surface area (Å²) < 4.78 is 7.66. The van der Waals surface area contributed by atoms with Gasteiger partial charge in [-0.3, -0.25) is 0 Å². The van der Waals surface area contributed by atoms with E-state index < -0.39 is 0 Å². The summed E-state index contributed by atoms with van der Waals surface area (Å²) in [5, 5.41) is 0. The number of imidazole rings is 1. The number of hydrogen-bond donors (Lipinski definition) is 1. The molecule has 2 aromatic rings. The summed E-state index contributed by atoms with van der Waals surface area (Å²) in [4.78, 5) is 4.50. The number of hydrogen-bond acceptors (Lipinski definition) is 3. The normalized spacial score (nSPS) is 18.8. The number of para-hydroxylation sites is 1. The van der Waals surface area contributed by atoms with E-state index in [0.717, 1.165) is 31.6 Å². The van der Waals surface area contributed by atoms with Crippen molar-refractivity contribution in [2.24, 2.45) is 5.92 Å². The molecule has 2 N–H and O–H groups in total. The molecule has 4 nitrogen and oxygen atoms in total. The van der Waals surface area contributed by atoms with Gasteiger partial charge in [0.25, 0.3) is 0 Å². The van der Waals surface area contributed by atoms with E-state index in [9.17, 15) is 0 Å². The van der Waals surface area contributed by atoms with Crippen LogP contribution in [0, 0.1) is 12.8 Å². The molecule has 1 aromatic heterocycles. The van der Waals surface area contributed by atoms with Gasteiger partial charge in [0.2, 0.25) is 5.95 Å². The second-order valence-electron chi connectivity index (χ2n) is 5.47. The highest BCUT2D eigenvalue weighted by atomic mass is 16.5. The summed E-state index contributed by atoms with van der Waals surface area (Å²) >= 11 is 0. The Hall–Kier alpha value is -1.55. The molecule has 1 atom stereocenters. The van der Waals surface area contributed by atoms with E-state index in [1.54, 1.807) is 0 Å². The monoisotopic (exact) mass is 259 g/mol. The molecule has 4 heteroatoms. The van der Waals surface area contributed by atoms with E-state index >= 15 is 0 Å². The van der Waals surface area contributed by atoms with Gasteiger partial charge in [0, 0.05) is 19.3 Å². The zero-order valence-electron chi connectivity index (χ0n) is 11.6. The van der Waals surface area contributed by atoms with Crippen molar-refractivity contribution in [3.63, 3.8) is 0 Å². The number of ether oxygens (including phenoxy) is 1. The molecule has 1 saturated heterocycles. The number of aryl methyl sites for hydroxylation is 1. The van der Waals surface area contributed by atoms with Gasteiger partial charge < -0.3 is 15.0 Å². The maximum absolute atomic E-state index is 6.15. The minimum Gasteiger partial charge on any atom is -0.381 e. The number of rotatable bonds is 2.